The molecule has 0 spiro atoms. The Bertz CT molecular complexity index is 366. The number of nitrogens with one attached hydrogen (secondary N) is 1. The van der Waals surface area contributed by atoms with Gasteiger partial charge >= 0.3 is 6.18 Å². The van der Waals surface area contributed by atoms with Crippen LogP contribution in [0.3, 0.4) is 0 Å². The summed E-state index contributed by atoms with van der Waals surface area (Å²) in [4.78, 5) is 0. The molecule has 2 aliphatic carbocycles. The third kappa shape index (κ3) is 0.870. The average molecular weight is 188 g/mol. The Morgan fingerprint density at radius 2 is 2.15 bits per heavy atom. The molecule has 2 nitrogen and oxygen atoms in total. The van der Waals surface area contributed by atoms with E-state index in [1.54, 1.807) is 0 Å². The lowest BCUT2D eigenvalue weighted by Gasteiger charge is -2.03. The fourth-order valence-corrected chi connectivity index (χ4v) is 2.25. The van der Waals surface area contributed by atoms with Crippen molar-refractivity contribution in [3.05, 3.63) is 17.0 Å². The Morgan fingerprint density at radius 1 is 1.38 bits per heavy atom. The molecule has 1 N–H and O–H groups in total. The van der Waals surface area contributed by atoms with Gasteiger partial charge in [-0.3, -0.25) is 5.10 Å². The molecule has 5 heteroatoms. The quantitative estimate of drug-likeness (QED) is 0.663. The Kier molecular flexibility index (Phi) is 1.09. The van der Waals surface area contributed by atoms with Crippen molar-refractivity contribution in [1.29, 1.82) is 0 Å². The zero-order valence-electron chi connectivity index (χ0n) is 6.65. The van der Waals surface area contributed by atoms with Crippen LogP contribution in [0.4, 0.5) is 13.2 Å². The molecule has 2 atom stereocenters. The smallest absolute Gasteiger partial charge is 0.282 e. The van der Waals surface area contributed by atoms with Crippen LogP contribution >= 0.6 is 0 Å². The van der Waals surface area contributed by atoms with Gasteiger partial charge in [0.1, 0.15) is 0 Å². The summed E-state index contributed by atoms with van der Waals surface area (Å²) in [7, 11) is 0. The standard InChI is InChI=1S/C8H7F3N2/c9-8(10,11)7-6-4-1-3(4)2-5(6)12-13-7/h3-4H,1-2H2,(H,12,13)/t3-,4-/m0/s1. The van der Waals surface area contributed by atoms with Crippen molar-refractivity contribution >= 4 is 0 Å². The zero-order chi connectivity index (χ0) is 9.22. The number of hydrogen-bond donors (Lipinski definition) is 1. The molecule has 1 saturated carbocycles. The van der Waals surface area contributed by atoms with E-state index in [0.717, 1.165) is 12.8 Å². The largest absolute Gasteiger partial charge is 0.435 e. The monoisotopic (exact) mass is 188 g/mol. The fourth-order valence-electron chi connectivity index (χ4n) is 2.25. The van der Waals surface area contributed by atoms with Gasteiger partial charge in [0, 0.05) is 11.3 Å². The molecule has 13 heavy (non-hydrogen) atoms. The number of hydrogen-bond acceptors (Lipinski definition) is 1. The summed E-state index contributed by atoms with van der Waals surface area (Å²) >= 11 is 0. The minimum atomic E-state index is -4.29. The van der Waals surface area contributed by atoms with Crippen LogP contribution in [-0.4, -0.2) is 10.2 Å². The van der Waals surface area contributed by atoms with E-state index in [2.05, 4.69) is 10.2 Å². The second kappa shape index (κ2) is 1.91. The number of fused-ring (bicyclic) bond motifs is 3. The Hall–Kier alpha value is -1.00. The van der Waals surface area contributed by atoms with Gasteiger partial charge in [-0.25, -0.2) is 0 Å². The lowest BCUT2D eigenvalue weighted by atomic mass is 10.1. The summed E-state index contributed by atoms with van der Waals surface area (Å²) in [5.74, 6) is 0.607. The number of rotatable bonds is 0. The third-order valence-corrected chi connectivity index (χ3v) is 2.91. The van der Waals surface area contributed by atoms with E-state index >= 15 is 0 Å². The van der Waals surface area contributed by atoms with Crippen molar-refractivity contribution in [1.82, 2.24) is 10.2 Å². The van der Waals surface area contributed by atoms with Crippen molar-refractivity contribution in [3.8, 4) is 0 Å². The molecule has 0 radical (unpaired) electrons. The van der Waals surface area contributed by atoms with E-state index in [-0.39, 0.29) is 5.92 Å². The molecular weight excluding hydrogens is 181 g/mol. The highest BCUT2D eigenvalue weighted by Gasteiger charge is 2.52. The summed E-state index contributed by atoms with van der Waals surface area (Å²) in [6.07, 6.45) is -2.62. The summed E-state index contributed by atoms with van der Waals surface area (Å²) in [5.41, 5.74) is 0.457. The van der Waals surface area contributed by atoms with E-state index in [0.29, 0.717) is 17.2 Å². The van der Waals surface area contributed by atoms with Crippen LogP contribution in [0, 0.1) is 5.92 Å². The molecule has 2 aliphatic rings. The van der Waals surface area contributed by atoms with Crippen molar-refractivity contribution < 1.29 is 13.2 Å². The van der Waals surface area contributed by atoms with Crippen LogP contribution in [0.5, 0.6) is 0 Å². The van der Waals surface area contributed by atoms with Crippen LogP contribution in [-0.2, 0) is 12.6 Å². The highest BCUT2D eigenvalue weighted by atomic mass is 19.4. The lowest BCUT2D eigenvalue weighted by Crippen LogP contribution is -2.08. The number of nitrogens with zero attached hydrogens (tertiary/aromatic N) is 1. The maximum Gasteiger partial charge on any atom is 0.435 e. The van der Waals surface area contributed by atoms with Crippen molar-refractivity contribution in [2.24, 2.45) is 5.92 Å². The van der Waals surface area contributed by atoms with Gasteiger partial charge in [-0.05, 0) is 24.7 Å². The number of halogens is 3. The zero-order valence-corrected chi connectivity index (χ0v) is 6.65. The first-order chi connectivity index (χ1) is 6.07. The van der Waals surface area contributed by atoms with Crippen LogP contribution in [0.2, 0.25) is 0 Å². The van der Waals surface area contributed by atoms with Crippen LogP contribution in [0.25, 0.3) is 0 Å². The maximum atomic E-state index is 12.4. The molecule has 0 amide bonds. The van der Waals surface area contributed by atoms with Crippen LogP contribution < -0.4 is 0 Å². The second-order valence-electron chi connectivity index (χ2n) is 3.77. The molecule has 1 aromatic heterocycles. The van der Waals surface area contributed by atoms with Crippen LogP contribution in [0.15, 0.2) is 0 Å². The van der Waals surface area contributed by atoms with Crippen molar-refractivity contribution in [2.45, 2.75) is 24.9 Å². The molecule has 0 bridgehead atoms. The van der Waals surface area contributed by atoms with Gasteiger partial charge in [-0.15, -0.1) is 0 Å². The number of aromatic amines is 1. The third-order valence-electron chi connectivity index (χ3n) is 2.91. The SMILES string of the molecule is FC(F)(F)c1n[nH]c2c1[C@H]1C[C@H]1C2. The summed E-state index contributed by atoms with van der Waals surface area (Å²) in [6.45, 7) is 0. The van der Waals surface area contributed by atoms with Gasteiger partial charge < -0.3 is 0 Å². The summed E-state index contributed by atoms with van der Waals surface area (Å²) in [5, 5.41) is 5.82. The highest BCUT2D eigenvalue weighted by molar-refractivity contribution is 5.41. The van der Waals surface area contributed by atoms with Crippen LogP contribution in [0.1, 0.15) is 29.3 Å². The Labute approximate surface area is 72.1 Å². The molecule has 0 unspecified atom stereocenters. The minimum Gasteiger partial charge on any atom is -0.282 e. The van der Waals surface area contributed by atoms with E-state index in [1.807, 2.05) is 0 Å². The first kappa shape index (κ1) is 7.41. The number of H-pyrrole nitrogens is 1. The first-order valence-electron chi connectivity index (χ1n) is 4.21. The first-order valence-corrected chi connectivity index (χ1v) is 4.21. The predicted molar refractivity (Wildman–Crippen MR) is 38.1 cm³/mol. The van der Waals surface area contributed by atoms with E-state index in [4.69, 9.17) is 0 Å². The van der Waals surface area contributed by atoms with Gasteiger partial charge in [0.15, 0.2) is 5.69 Å². The van der Waals surface area contributed by atoms with Gasteiger partial charge in [-0.2, -0.15) is 18.3 Å². The topological polar surface area (TPSA) is 28.7 Å². The van der Waals surface area contributed by atoms with Gasteiger partial charge in [-0.1, -0.05) is 0 Å². The van der Waals surface area contributed by atoms with Crippen molar-refractivity contribution in [3.63, 3.8) is 0 Å². The van der Waals surface area contributed by atoms with Gasteiger partial charge in [0.2, 0.25) is 0 Å². The second-order valence-corrected chi connectivity index (χ2v) is 3.77. The summed E-state index contributed by atoms with van der Waals surface area (Å²) in [6, 6.07) is 0. The molecule has 70 valence electrons. The molecule has 1 heterocycles. The molecule has 1 aromatic rings. The molecule has 0 aliphatic heterocycles. The molecule has 1 fully saturated rings. The fraction of sp³-hybridized carbons (Fsp3) is 0.625. The maximum absolute atomic E-state index is 12.4. The van der Waals surface area contributed by atoms with E-state index < -0.39 is 11.9 Å². The average Bonchev–Trinajstić information content (AvgIpc) is 2.51. The Morgan fingerprint density at radius 3 is 2.85 bits per heavy atom. The minimum absolute atomic E-state index is 0.144. The molecule has 3 rings (SSSR count). The van der Waals surface area contributed by atoms with Crippen molar-refractivity contribution in [2.75, 3.05) is 0 Å². The van der Waals surface area contributed by atoms with Gasteiger partial charge in [0.25, 0.3) is 0 Å². The number of aromatic nitrogens is 2. The number of alkyl halides is 3. The molecular formula is C8H7F3N2. The lowest BCUT2D eigenvalue weighted by molar-refractivity contribution is -0.141. The highest BCUT2D eigenvalue weighted by Crippen LogP contribution is 2.58. The summed E-state index contributed by atoms with van der Waals surface area (Å²) < 4.78 is 37.2. The normalized spacial score (nSPS) is 30.1. The van der Waals surface area contributed by atoms with E-state index in [9.17, 15) is 13.2 Å². The molecule has 0 aromatic carbocycles. The van der Waals surface area contributed by atoms with E-state index in [1.165, 1.54) is 0 Å². The predicted octanol–water partition coefficient (Wildman–Crippen LogP) is 2.09. The van der Waals surface area contributed by atoms with Gasteiger partial charge in [0.05, 0.1) is 0 Å². The Balaban J connectivity index is 2.13. The molecule has 0 saturated heterocycles.